The first-order valence-electron chi connectivity index (χ1n) is 4.49. The molecule has 2 heterocycles. The Morgan fingerprint density at radius 3 is 2.26 bits per heavy atom. The molecule has 1 N–H and O–H groups in total. The predicted octanol–water partition coefficient (Wildman–Crippen LogP) is 0.320. The summed E-state index contributed by atoms with van der Waals surface area (Å²) < 4.78 is 0.651. The van der Waals surface area contributed by atoms with Crippen LogP contribution in [-0.2, 0) is 0 Å². The summed E-state index contributed by atoms with van der Waals surface area (Å²) >= 11 is 0. The van der Waals surface area contributed by atoms with Crippen LogP contribution in [0, 0.1) is 30.3 Å². The molecule has 2 rings (SSSR count). The molecule has 0 atom stereocenters. The standard InChI is InChI=1S/C6H3N7O6/c14-11(15)3-1-2-10(9-3)4-5(12(16)17)7-8-6(4)13(18)19/h1-2H,(H,7,8). The molecule has 0 aromatic carbocycles. The van der Waals surface area contributed by atoms with Gasteiger partial charge in [0.15, 0.2) is 0 Å². The average molecular weight is 269 g/mol. The molecule has 0 radical (unpaired) electrons. The van der Waals surface area contributed by atoms with E-state index in [9.17, 15) is 30.3 Å². The van der Waals surface area contributed by atoms with Gasteiger partial charge in [0.05, 0.1) is 17.4 Å². The molecule has 0 unspecified atom stereocenters. The zero-order valence-corrected chi connectivity index (χ0v) is 8.79. The molecule has 0 aliphatic heterocycles. The number of aromatic nitrogens is 4. The first-order valence-corrected chi connectivity index (χ1v) is 4.49. The van der Waals surface area contributed by atoms with Gasteiger partial charge in [-0.1, -0.05) is 0 Å². The highest BCUT2D eigenvalue weighted by molar-refractivity contribution is 5.58. The zero-order valence-electron chi connectivity index (χ0n) is 8.79. The molecule has 0 amide bonds. The second-order valence-corrected chi connectivity index (χ2v) is 3.13. The first-order chi connectivity index (χ1) is 8.91. The van der Waals surface area contributed by atoms with E-state index in [4.69, 9.17) is 0 Å². The molecule has 2 aromatic heterocycles. The number of hydrogen-bond donors (Lipinski definition) is 1. The average Bonchev–Trinajstić information content (AvgIpc) is 2.95. The van der Waals surface area contributed by atoms with Gasteiger partial charge in [-0.05, 0) is 19.9 Å². The van der Waals surface area contributed by atoms with Crippen LogP contribution in [0.3, 0.4) is 0 Å². The highest BCUT2D eigenvalue weighted by atomic mass is 16.6. The van der Waals surface area contributed by atoms with Gasteiger partial charge >= 0.3 is 17.5 Å². The summed E-state index contributed by atoms with van der Waals surface area (Å²) in [7, 11) is 0. The van der Waals surface area contributed by atoms with Crippen molar-refractivity contribution in [1.29, 1.82) is 0 Å². The summed E-state index contributed by atoms with van der Waals surface area (Å²) in [5.41, 5.74) is -0.580. The van der Waals surface area contributed by atoms with Crippen molar-refractivity contribution in [1.82, 2.24) is 20.0 Å². The molecule has 13 heteroatoms. The molecular weight excluding hydrogens is 266 g/mol. The zero-order chi connectivity index (χ0) is 14.2. The Labute approximate surface area is 101 Å². The van der Waals surface area contributed by atoms with Crippen LogP contribution in [0.2, 0.25) is 0 Å². The van der Waals surface area contributed by atoms with Crippen molar-refractivity contribution < 1.29 is 14.8 Å². The minimum atomic E-state index is -0.966. The van der Waals surface area contributed by atoms with Crippen LogP contribution in [0.25, 0.3) is 5.69 Å². The minimum absolute atomic E-state index is 0.580. The van der Waals surface area contributed by atoms with Crippen molar-refractivity contribution >= 4 is 17.5 Å². The number of aromatic amines is 1. The highest BCUT2D eigenvalue weighted by Crippen LogP contribution is 2.29. The Kier molecular flexibility index (Phi) is 2.63. The SMILES string of the molecule is O=[N+]([O-])c1ccn(-c2c([N+](=O)[O-])n[nH]c2[N+](=O)[O-])n1. The second-order valence-electron chi connectivity index (χ2n) is 3.13. The third-order valence-corrected chi connectivity index (χ3v) is 2.05. The molecule has 0 saturated carbocycles. The van der Waals surface area contributed by atoms with Gasteiger partial charge in [-0.2, -0.15) is 0 Å². The quantitative estimate of drug-likeness (QED) is 0.608. The van der Waals surface area contributed by atoms with Gasteiger partial charge in [0.2, 0.25) is 0 Å². The number of rotatable bonds is 4. The van der Waals surface area contributed by atoms with E-state index in [1.54, 1.807) is 0 Å². The summed E-state index contributed by atoms with van der Waals surface area (Å²) in [6.45, 7) is 0. The van der Waals surface area contributed by atoms with Gasteiger partial charge in [0.1, 0.15) is 5.10 Å². The molecule has 0 fully saturated rings. The number of hydrogen-bond acceptors (Lipinski definition) is 8. The maximum atomic E-state index is 10.7. The molecule has 2 aromatic rings. The van der Waals surface area contributed by atoms with E-state index in [-0.39, 0.29) is 0 Å². The third kappa shape index (κ3) is 1.94. The van der Waals surface area contributed by atoms with E-state index in [1.165, 1.54) is 0 Å². The maximum absolute atomic E-state index is 10.7. The second kappa shape index (κ2) is 4.13. The van der Waals surface area contributed by atoms with Gasteiger partial charge in [-0.25, -0.2) is 0 Å². The van der Waals surface area contributed by atoms with E-state index in [0.29, 0.717) is 4.68 Å². The number of nitro groups is 3. The van der Waals surface area contributed by atoms with E-state index < -0.39 is 37.9 Å². The fraction of sp³-hybridized carbons (Fsp3) is 0. The lowest BCUT2D eigenvalue weighted by atomic mass is 10.4. The lowest BCUT2D eigenvalue weighted by molar-refractivity contribution is -0.394. The molecule has 19 heavy (non-hydrogen) atoms. The molecule has 0 saturated heterocycles. The Bertz CT molecular complexity index is 655. The smallest absolute Gasteiger partial charge is 0.358 e. The highest BCUT2D eigenvalue weighted by Gasteiger charge is 2.36. The van der Waals surface area contributed by atoms with Gasteiger partial charge in [-0.15, -0.1) is 4.68 Å². The van der Waals surface area contributed by atoms with Crippen molar-refractivity contribution in [3.63, 3.8) is 0 Å². The maximum Gasteiger partial charge on any atom is 0.448 e. The van der Waals surface area contributed by atoms with Crippen LogP contribution in [0.15, 0.2) is 12.3 Å². The summed E-state index contributed by atoms with van der Waals surface area (Å²) in [5.74, 6) is -2.25. The lowest BCUT2D eigenvalue weighted by Crippen LogP contribution is -2.02. The summed E-state index contributed by atoms with van der Waals surface area (Å²) in [5, 5.41) is 40.3. The molecule has 0 aliphatic carbocycles. The van der Waals surface area contributed by atoms with Crippen LogP contribution in [0.1, 0.15) is 0 Å². The molecule has 98 valence electrons. The van der Waals surface area contributed by atoms with Crippen LogP contribution < -0.4 is 0 Å². The van der Waals surface area contributed by atoms with Crippen LogP contribution in [0.4, 0.5) is 17.5 Å². The summed E-state index contributed by atoms with van der Waals surface area (Å²) in [6, 6.07) is 0.945. The van der Waals surface area contributed by atoms with Crippen molar-refractivity contribution in [3.8, 4) is 5.69 Å². The minimum Gasteiger partial charge on any atom is -0.358 e. The molecule has 0 aliphatic rings. The van der Waals surface area contributed by atoms with E-state index in [0.717, 1.165) is 12.3 Å². The topological polar surface area (TPSA) is 176 Å². The molecular formula is C6H3N7O6. The Hall–Kier alpha value is -3.38. The molecule has 0 bridgehead atoms. The van der Waals surface area contributed by atoms with E-state index in [1.807, 2.05) is 5.10 Å². The fourth-order valence-electron chi connectivity index (χ4n) is 1.32. The summed E-state index contributed by atoms with van der Waals surface area (Å²) in [4.78, 5) is 29.1. The van der Waals surface area contributed by atoms with Gasteiger partial charge in [-0.3, -0.25) is 0 Å². The van der Waals surface area contributed by atoms with E-state index >= 15 is 0 Å². The van der Waals surface area contributed by atoms with Gasteiger partial charge in [0, 0.05) is 0 Å². The Morgan fingerprint density at radius 2 is 1.79 bits per heavy atom. The Balaban J connectivity index is 2.64. The predicted molar refractivity (Wildman–Crippen MR) is 55.7 cm³/mol. The van der Waals surface area contributed by atoms with Crippen molar-refractivity contribution in [2.24, 2.45) is 0 Å². The first kappa shape index (κ1) is 12.1. The van der Waals surface area contributed by atoms with E-state index in [2.05, 4.69) is 10.2 Å². The number of nitrogens with zero attached hydrogens (tertiary/aromatic N) is 6. The summed E-state index contributed by atoms with van der Waals surface area (Å²) in [6.07, 6.45) is 0.989. The van der Waals surface area contributed by atoms with Crippen LogP contribution in [0.5, 0.6) is 0 Å². The van der Waals surface area contributed by atoms with Crippen molar-refractivity contribution in [2.45, 2.75) is 0 Å². The largest absolute Gasteiger partial charge is 0.448 e. The molecule has 0 spiro atoms. The Morgan fingerprint density at radius 1 is 1.11 bits per heavy atom. The van der Waals surface area contributed by atoms with Crippen molar-refractivity contribution in [3.05, 3.63) is 42.6 Å². The number of nitrogens with one attached hydrogen (secondary N) is 1. The molecule has 13 nitrogen and oxygen atoms in total. The van der Waals surface area contributed by atoms with Crippen molar-refractivity contribution in [2.75, 3.05) is 0 Å². The number of H-pyrrole nitrogens is 1. The van der Waals surface area contributed by atoms with Crippen LogP contribution in [-0.4, -0.2) is 34.7 Å². The third-order valence-electron chi connectivity index (χ3n) is 2.05. The normalized spacial score (nSPS) is 10.3. The fourth-order valence-corrected chi connectivity index (χ4v) is 1.32. The monoisotopic (exact) mass is 269 g/mol. The van der Waals surface area contributed by atoms with Gasteiger partial charge < -0.3 is 30.3 Å². The van der Waals surface area contributed by atoms with Crippen LogP contribution >= 0.6 is 0 Å². The lowest BCUT2D eigenvalue weighted by Gasteiger charge is -1.93. The van der Waals surface area contributed by atoms with Gasteiger partial charge in [0.25, 0.3) is 5.69 Å².